The van der Waals surface area contributed by atoms with Crippen LogP contribution in [0.15, 0.2) is 48.5 Å². The zero-order valence-corrected chi connectivity index (χ0v) is 18.5. The maximum absolute atomic E-state index is 13.2. The maximum Gasteiger partial charge on any atom is 0.242 e. The Morgan fingerprint density at radius 1 is 1.00 bits per heavy atom. The summed E-state index contributed by atoms with van der Waals surface area (Å²) in [6.45, 7) is 5.01. The van der Waals surface area contributed by atoms with Crippen molar-refractivity contribution in [3.05, 3.63) is 69.7 Å². The van der Waals surface area contributed by atoms with E-state index in [1.807, 2.05) is 44.2 Å². The minimum atomic E-state index is -0.500. The molecule has 0 fully saturated rings. The first-order valence-electron chi connectivity index (χ1n) is 10.0. The summed E-state index contributed by atoms with van der Waals surface area (Å²) in [6.07, 6.45) is 2.26. The van der Waals surface area contributed by atoms with Crippen molar-refractivity contribution in [1.29, 1.82) is 0 Å². The number of nitrogens with one attached hydrogen (secondary N) is 1. The Morgan fingerprint density at radius 2 is 1.72 bits per heavy atom. The van der Waals surface area contributed by atoms with Gasteiger partial charge in [-0.3, -0.25) is 9.59 Å². The monoisotopic (exact) mass is 434 g/mol. The molecule has 0 aliphatic rings. The predicted molar refractivity (Wildman–Crippen MR) is 119 cm³/mol. The Balaban J connectivity index is 2.19. The van der Waals surface area contributed by atoms with Gasteiger partial charge in [0.05, 0.1) is 16.5 Å². The summed E-state index contributed by atoms with van der Waals surface area (Å²) >= 11 is 12.1. The minimum Gasteiger partial charge on any atom is -0.354 e. The van der Waals surface area contributed by atoms with Crippen LogP contribution in [0.5, 0.6) is 0 Å². The topological polar surface area (TPSA) is 49.4 Å². The van der Waals surface area contributed by atoms with E-state index in [0.29, 0.717) is 36.0 Å². The molecular weight excluding hydrogens is 407 g/mol. The van der Waals surface area contributed by atoms with Gasteiger partial charge in [0.2, 0.25) is 11.8 Å². The molecule has 0 radical (unpaired) electrons. The first kappa shape index (κ1) is 23.2. The maximum atomic E-state index is 13.2. The van der Waals surface area contributed by atoms with Crippen LogP contribution in [0.4, 0.5) is 0 Å². The molecule has 2 aromatic carbocycles. The molecule has 2 amide bonds. The van der Waals surface area contributed by atoms with Crippen LogP contribution in [0.1, 0.15) is 37.8 Å². The van der Waals surface area contributed by atoms with E-state index in [2.05, 4.69) is 5.32 Å². The van der Waals surface area contributed by atoms with Gasteiger partial charge in [-0.25, -0.2) is 0 Å². The Kier molecular flexibility index (Phi) is 9.49. The average Bonchev–Trinajstić information content (AvgIpc) is 2.72. The van der Waals surface area contributed by atoms with Crippen molar-refractivity contribution in [1.82, 2.24) is 10.2 Å². The van der Waals surface area contributed by atoms with Crippen LogP contribution < -0.4 is 5.32 Å². The molecule has 0 bridgehead atoms. The highest BCUT2D eigenvalue weighted by atomic mass is 35.5. The smallest absolute Gasteiger partial charge is 0.242 e. The molecule has 0 spiro atoms. The van der Waals surface area contributed by atoms with E-state index in [1.165, 1.54) is 0 Å². The van der Waals surface area contributed by atoms with E-state index in [1.54, 1.807) is 23.1 Å². The minimum absolute atomic E-state index is 0.0992. The number of nitrogens with zero attached hydrogens (tertiary/aromatic N) is 1. The molecule has 0 heterocycles. The van der Waals surface area contributed by atoms with Gasteiger partial charge in [-0.15, -0.1) is 0 Å². The highest BCUT2D eigenvalue weighted by Gasteiger charge is 2.28. The van der Waals surface area contributed by atoms with Crippen molar-refractivity contribution >= 4 is 35.0 Å². The molecule has 2 rings (SSSR count). The lowest BCUT2D eigenvalue weighted by atomic mass is 10.1. The third kappa shape index (κ3) is 7.06. The quantitative estimate of drug-likeness (QED) is 0.577. The first-order valence-corrected chi connectivity index (χ1v) is 10.8. The standard InChI is InChI=1S/C23H28Cl2N2O2/c1-3-13-26-23(29)21(4-2)27(14-12-17-8-6-5-7-9-17)22(28)16-18-10-11-19(24)20(25)15-18/h5-11,15,21H,3-4,12-14,16H2,1-2H3,(H,26,29)/t21-/m0/s1. The molecule has 1 atom stereocenters. The van der Waals surface area contributed by atoms with Crippen molar-refractivity contribution in [3.63, 3.8) is 0 Å². The van der Waals surface area contributed by atoms with Gasteiger partial charge in [-0.05, 0) is 42.5 Å². The number of carbonyl (C=O) groups excluding carboxylic acids is 2. The molecule has 6 heteroatoms. The van der Waals surface area contributed by atoms with Crippen molar-refractivity contribution in [2.45, 2.75) is 45.6 Å². The third-order valence-electron chi connectivity index (χ3n) is 4.76. The second kappa shape index (κ2) is 11.8. The lowest BCUT2D eigenvalue weighted by Crippen LogP contribution is -2.50. The van der Waals surface area contributed by atoms with Gasteiger partial charge >= 0.3 is 0 Å². The Bertz CT molecular complexity index is 812. The van der Waals surface area contributed by atoms with Gasteiger partial charge in [0.15, 0.2) is 0 Å². The summed E-state index contributed by atoms with van der Waals surface area (Å²) < 4.78 is 0. The lowest BCUT2D eigenvalue weighted by Gasteiger charge is -2.30. The van der Waals surface area contributed by atoms with Crippen LogP contribution in [-0.2, 0) is 22.4 Å². The summed E-state index contributed by atoms with van der Waals surface area (Å²) in [7, 11) is 0. The summed E-state index contributed by atoms with van der Waals surface area (Å²) in [5.41, 5.74) is 1.90. The number of hydrogen-bond acceptors (Lipinski definition) is 2. The van der Waals surface area contributed by atoms with Crippen molar-refractivity contribution < 1.29 is 9.59 Å². The number of halogens is 2. The largest absolute Gasteiger partial charge is 0.354 e. The Hall–Kier alpha value is -2.04. The predicted octanol–water partition coefficient (Wildman–Crippen LogP) is 4.91. The highest BCUT2D eigenvalue weighted by Crippen LogP contribution is 2.23. The molecule has 4 nitrogen and oxygen atoms in total. The van der Waals surface area contributed by atoms with Crippen molar-refractivity contribution in [2.75, 3.05) is 13.1 Å². The molecule has 0 aromatic heterocycles. The van der Waals surface area contributed by atoms with Crippen LogP contribution in [0.3, 0.4) is 0 Å². The molecule has 0 saturated carbocycles. The molecule has 0 saturated heterocycles. The Labute approximate surface area is 183 Å². The summed E-state index contributed by atoms with van der Waals surface area (Å²) in [5.74, 6) is -0.206. The summed E-state index contributed by atoms with van der Waals surface area (Å²) in [5, 5.41) is 3.80. The number of benzene rings is 2. The molecule has 0 aliphatic carbocycles. The second-order valence-corrected chi connectivity index (χ2v) is 7.78. The molecule has 0 aliphatic heterocycles. The average molecular weight is 435 g/mol. The van der Waals surface area contributed by atoms with Gasteiger partial charge in [0.25, 0.3) is 0 Å². The van der Waals surface area contributed by atoms with Crippen LogP contribution in [0.2, 0.25) is 10.0 Å². The molecule has 29 heavy (non-hydrogen) atoms. The number of carbonyl (C=O) groups is 2. The van der Waals surface area contributed by atoms with Crippen LogP contribution in [0, 0.1) is 0 Å². The summed E-state index contributed by atoms with van der Waals surface area (Å²) in [4.78, 5) is 27.6. The van der Waals surface area contributed by atoms with Gasteiger partial charge < -0.3 is 10.2 Å². The molecular formula is C23H28Cl2N2O2. The normalized spacial score (nSPS) is 11.7. The van der Waals surface area contributed by atoms with Crippen molar-refractivity contribution in [2.24, 2.45) is 0 Å². The second-order valence-electron chi connectivity index (χ2n) is 6.96. The van der Waals surface area contributed by atoms with Crippen LogP contribution in [0.25, 0.3) is 0 Å². The van der Waals surface area contributed by atoms with E-state index in [4.69, 9.17) is 23.2 Å². The van der Waals surface area contributed by atoms with Gasteiger partial charge in [0.1, 0.15) is 6.04 Å². The van der Waals surface area contributed by atoms with Crippen LogP contribution in [-0.4, -0.2) is 35.8 Å². The van der Waals surface area contributed by atoms with E-state index in [9.17, 15) is 9.59 Å². The SMILES string of the molecule is CCCNC(=O)[C@H](CC)N(CCc1ccccc1)C(=O)Cc1ccc(Cl)c(Cl)c1. The molecule has 2 aromatic rings. The fraction of sp³-hybridized carbons (Fsp3) is 0.391. The lowest BCUT2D eigenvalue weighted by molar-refractivity contribution is -0.140. The van der Waals surface area contributed by atoms with E-state index < -0.39 is 6.04 Å². The van der Waals surface area contributed by atoms with Gasteiger partial charge in [0, 0.05) is 13.1 Å². The van der Waals surface area contributed by atoms with Gasteiger partial charge in [-0.2, -0.15) is 0 Å². The molecule has 1 N–H and O–H groups in total. The third-order valence-corrected chi connectivity index (χ3v) is 5.50. The first-order chi connectivity index (χ1) is 14.0. The number of rotatable bonds is 10. The molecule has 0 unspecified atom stereocenters. The molecule has 156 valence electrons. The number of hydrogen-bond donors (Lipinski definition) is 1. The van der Waals surface area contributed by atoms with Gasteiger partial charge in [-0.1, -0.05) is 73.4 Å². The number of amides is 2. The fourth-order valence-corrected chi connectivity index (χ4v) is 3.51. The summed E-state index contributed by atoms with van der Waals surface area (Å²) in [6, 6.07) is 14.6. The highest BCUT2D eigenvalue weighted by molar-refractivity contribution is 6.42. The van der Waals surface area contributed by atoms with Crippen molar-refractivity contribution in [3.8, 4) is 0 Å². The zero-order chi connectivity index (χ0) is 21.2. The Morgan fingerprint density at radius 3 is 2.34 bits per heavy atom. The zero-order valence-electron chi connectivity index (χ0n) is 17.0. The van der Waals surface area contributed by atoms with E-state index in [-0.39, 0.29) is 18.2 Å². The van der Waals surface area contributed by atoms with E-state index in [0.717, 1.165) is 17.5 Å². The van der Waals surface area contributed by atoms with E-state index >= 15 is 0 Å². The van der Waals surface area contributed by atoms with Crippen LogP contribution >= 0.6 is 23.2 Å². The fourth-order valence-electron chi connectivity index (χ4n) is 3.19.